The zero-order valence-corrected chi connectivity index (χ0v) is 36.4. The third kappa shape index (κ3) is 15.8. The van der Waals surface area contributed by atoms with Crippen molar-refractivity contribution < 1.29 is 100 Å². The van der Waals surface area contributed by atoms with Crippen LogP contribution in [0.15, 0.2) is 146 Å². The van der Waals surface area contributed by atoms with Gasteiger partial charge in [-0.05, 0) is 47.0 Å². The first-order valence-corrected chi connectivity index (χ1v) is 16.2. The van der Waals surface area contributed by atoms with Crippen LogP contribution in [0.3, 0.4) is 0 Å². The molecule has 0 N–H and O–H groups in total. The molecule has 0 bridgehead atoms. The summed E-state index contributed by atoms with van der Waals surface area (Å²) in [5, 5.41) is 0. The van der Waals surface area contributed by atoms with E-state index in [1.54, 1.807) is 97.6 Å². The molecule has 0 amide bonds. The van der Waals surface area contributed by atoms with E-state index in [1.165, 1.54) is 0 Å². The van der Waals surface area contributed by atoms with Crippen molar-refractivity contribution in [2.45, 2.75) is 0 Å². The van der Waals surface area contributed by atoms with Gasteiger partial charge in [-0.3, -0.25) is 35.1 Å². The molecule has 308 valence electrons. The predicted octanol–water partition coefficient (Wildman–Crippen LogP) is 5.31. The number of aromatic nitrogens is 4. The molecule has 4 nitrogen and oxygen atoms in total. The number of benzene rings is 4. The minimum absolute atomic E-state index is 0. The van der Waals surface area contributed by atoms with Crippen LogP contribution in [0.5, 0.6) is 0 Å². The van der Waals surface area contributed by atoms with Crippen molar-refractivity contribution in [1.82, 2.24) is 19.9 Å². The number of nitrogens with zero attached hydrogens (tertiary/aromatic N) is 4. The molecular weight excluding hydrogens is 1190 g/mol. The summed E-state index contributed by atoms with van der Waals surface area (Å²) in [7, 11) is 0. The number of halogens is 10. The molecular formula is C44H24Cl2F8Ir2N4. The summed E-state index contributed by atoms with van der Waals surface area (Å²) >= 11 is 0. The molecule has 0 fully saturated rings. The molecule has 0 spiro atoms. The normalized spacial score (nSPS) is 9.47. The van der Waals surface area contributed by atoms with E-state index >= 15 is 0 Å². The van der Waals surface area contributed by atoms with Gasteiger partial charge in [-0.2, -0.15) is 0 Å². The van der Waals surface area contributed by atoms with Gasteiger partial charge in [0.05, 0.1) is 0 Å². The first kappa shape index (κ1) is 52.8. The monoisotopic (exact) mass is 1220 g/mol. The largest absolute Gasteiger partial charge is 3.00 e. The summed E-state index contributed by atoms with van der Waals surface area (Å²) in [6.45, 7) is 0. The molecule has 0 aliphatic carbocycles. The number of hydrogen-bond acceptors (Lipinski definition) is 4. The van der Waals surface area contributed by atoms with E-state index in [9.17, 15) is 35.1 Å². The number of rotatable bonds is 4. The van der Waals surface area contributed by atoms with Crippen LogP contribution in [-0.4, -0.2) is 19.9 Å². The molecule has 0 unspecified atom stereocenters. The first-order chi connectivity index (χ1) is 27.1. The van der Waals surface area contributed by atoms with E-state index in [-0.39, 0.29) is 87.3 Å². The molecule has 0 saturated heterocycles. The molecule has 4 heterocycles. The van der Waals surface area contributed by atoms with E-state index in [4.69, 9.17) is 0 Å². The fraction of sp³-hybridized carbons (Fsp3) is 0. The Kier molecular flexibility index (Phi) is 23.6. The van der Waals surface area contributed by atoms with Gasteiger partial charge >= 0.3 is 40.2 Å². The van der Waals surface area contributed by atoms with Crippen molar-refractivity contribution in [3.8, 4) is 45.0 Å². The second kappa shape index (κ2) is 26.8. The molecule has 4 aromatic carbocycles. The predicted molar refractivity (Wildman–Crippen MR) is 194 cm³/mol. The van der Waals surface area contributed by atoms with Crippen LogP contribution in [0.4, 0.5) is 35.1 Å². The average molecular weight is 1220 g/mol. The maximum atomic E-state index is 13.2. The Morgan fingerprint density at radius 2 is 0.517 bits per heavy atom. The number of hydrogen-bond donors (Lipinski definition) is 0. The van der Waals surface area contributed by atoms with Crippen LogP contribution in [0.1, 0.15) is 0 Å². The van der Waals surface area contributed by atoms with Gasteiger partial charge in [0, 0.05) is 71.3 Å². The van der Waals surface area contributed by atoms with Crippen LogP contribution in [0.25, 0.3) is 45.0 Å². The number of pyridine rings is 4. The van der Waals surface area contributed by atoms with Crippen molar-refractivity contribution in [2.75, 3.05) is 0 Å². The summed E-state index contributed by atoms with van der Waals surface area (Å²) in [4.78, 5) is 15.8. The smallest absolute Gasteiger partial charge is 1.00 e. The molecule has 8 rings (SSSR count). The van der Waals surface area contributed by atoms with Crippen molar-refractivity contribution in [3.05, 3.63) is 217 Å². The topological polar surface area (TPSA) is 51.6 Å². The SMILES string of the molecule is Fc1c[c-]c(-c2ccccn2)c(F)c1.Fc1c[c-]c(-c2ccccn2)c(F)c1.Fc1c[c-]c(-c2ccccn2)c(F)c1.Fc1c[c-]c(-c2ccccn2)c(F)c1.[Cl-].[Cl-].[Ir+3].[Ir+3]. The summed E-state index contributed by atoms with van der Waals surface area (Å²) in [5.74, 6) is -5.14. The third-order valence-corrected chi connectivity index (χ3v) is 7.12. The first-order valence-electron chi connectivity index (χ1n) is 16.2. The quantitative estimate of drug-likeness (QED) is 0.177. The van der Waals surface area contributed by atoms with Gasteiger partial charge in [0.15, 0.2) is 0 Å². The summed E-state index contributed by atoms with van der Waals surface area (Å²) in [6.07, 6.45) is 6.19. The fourth-order valence-electron chi connectivity index (χ4n) is 4.61. The molecule has 16 heteroatoms. The minimum atomic E-state index is -0.649. The molecule has 0 aliphatic rings. The minimum Gasteiger partial charge on any atom is -1.00 e. The average Bonchev–Trinajstić information content (AvgIpc) is 3.20. The Labute approximate surface area is 379 Å². The van der Waals surface area contributed by atoms with Crippen molar-refractivity contribution >= 4 is 0 Å². The van der Waals surface area contributed by atoms with Crippen LogP contribution in [0.2, 0.25) is 0 Å². The summed E-state index contributed by atoms with van der Waals surface area (Å²) < 4.78 is 103. The van der Waals surface area contributed by atoms with E-state index in [2.05, 4.69) is 44.2 Å². The van der Waals surface area contributed by atoms with Crippen LogP contribution < -0.4 is 24.8 Å². The zero-order valence-electron chi connectivity index (χ0n) is 30.1. The van der Waals surface area contributed by atoms with E-state index in [1.807, 2.05) is 0 Å². The van der Waals surface area contributed by atoms with Gasteiger partial charge < -0.3 is 44.7 Å². The van der Waals surface area contributed by atoms with Gasteiger partial charge in [0.1, 0.15) is 0 Å². The summed E-state index contributed by atoms with van der Waals surface area (Å²) in [6, 6.07) is 38.1. The Morgan fingerprint density at radius 1 is 0.317 bits per heavy atom. The van der Waals surface area contributed by atoms with E-state index in [0.29, 0.717) is 22.8 Å². The van der Waals surface area contributed by atoms with Crippen LogP contribution in [0, 0.1) is 70.8 Å². The Balaban J connectivity index is 0.000000391. The van der Waals surface area contributed by atoms with Gasteiger partial charge in [-0.25, -0.2) is 0 Å². The van der Waals surface area contributed by atoms with E-state index in [0.717, 1.165) is 48.5 Å². The molecule has 0 radical (unpaired) electrons. The van der Waals surface area contributed by atoms with Crippen LogP contribution >= 0.6 is 0 Å². The van der Waals surface area contributed by atoms with Crippen LogP contribution in [-0.2, 0) is 40.2 Å². The zero-order chi connectivity index (χ0) is 39.9. The third-order valence-electron chi connectivity index (χ3n) is 7.12. The molecule has 0 aliphatic heterocycles. The standard InChI is InChI=1S/4C11H6F2N.2ClH.2Ir/c4*12-8-4-5-9(10(13)7-8)11-3-1-2-6-14-11;;;;/h4*1-4,6-7H;2*1H;;/q4*-1;;;2*+3/p-2. The van der Waals surface area contributed by atoms with Gasteiger partial charge in [-0.1, -0.05) is 95.1 Å². The molecule has 0 atom stereocenters. The Bertz CT molecular complexity index is 2130. The molecule has 8 aromatic rings. The maximum absolute atomic E-state index is 13.2. The fourth-order valence-corrected chi connectivity index (χ4v) is 4.61. The molecule has 60 heavy (non-hydrogen) atoms. The Hall–Kier alpha value is -5.20. The van der Waals surface area contributed by atoms with E-state index < -0.39 is 46.5 Å². The molecule has 4 aromatic heterocycles. The van der Waals surface area contributed by atoms with Gasteiger partial charge in [-0.15, -0.1) is 48.5 Å². The summed E-state index contributed by atoms with van der Waals surface area (Å²) in [5.41, 5.74) is 2.54. The van der Waals surface area contributed by atoms with Gasteiger partial charge in [0.25, 0.3) is 0 Å². The van der Waals surface area contributed by atoms with Crippen molar-refractivity contribution in [1.29, 1.82) is 0 Å². The second-order valence-electron chi connectivity index (χ2n) is 11.0. The Morgan fingerprint density at radius 3 is 0.667 bits per heavy atom. The maximum Gasteiger partial charge on any atom is 3.00 e. The van der Waals surface area contributed by atoms with Crippen molar-refractivity contribution in [2.24, 2.45) is 0 Å². The molecule has 0 saturated carbocycles. The van der Waals surface area contributed by atoms with Crippen molar-refractivity contribution in [3.63, 3.8) is 0 Å². The van der Waals surface area contributed by atoms with Gasteiger partial charge in [0.2, 0.25) is 0 Å². The second-order valence-corrected chi connectivity index (χ2v) is 11.0.